The van der Waals surface area contributed by atoms with Gasteiger partial charge in [0.25, 0.3) is 0 Å². The largest absolute Gasteiger partial charge is 0.548 e. The number of carbonyl (C=O) groups is 3. The molecular formula is C17H21N2O5-. The number of nitrogens with zero attached hydrogens (tertiary/aromatic N) is 1. The Morgan fingerprint density at radius 2 is 1.92 bits per heavy atom. The van der Waals surface area contributed by atoms with Crippen LogP contribution in [-0.4, -0.2) is 37.5 Å². The summed E-state index contributed by atoms with van der Waals surface area (Å²) in [6.45, 7) is 3.59. The van der Waals surface area contributed by atoms with Crippen LogP contribution in [0.5, 0.6) is 5.75 Å². The standard InChI is InChI=1S/C17H22N2O5/c1-10(2)15(17(22)23)18-16(21)11-8-14(20)19(9-11)12-4-6-13(24-3)7-5-12/h4-7,10-11,15H,8-9H2,1-3H3,(H,18,21)(H,22,23)/p-1/t11-,15-/m0/s1. The van der Waals surface area contributed by atoms with Crippen molar-refractivity contribution in [2.24, 2.45) is 11.8 Å². The van der Waals surface area contributed by atoms with Gasteiger partial charge in [-0.2, -0.15) is 0 Å². The third-order valence-corrected chi connectivity index (χ3v) is 4.10. The quantitative estimate of drug-likeness (QED) is 0.786. The van der Waals surface area contributed by atoms with Gasteiger partial charge in [-0.15, -0.1) is 0 Å². The molecule has 2 amide bonds. The number of rotatable bonds is 6. The first-order chi connectivity index (χ1) is 11.3. The molecule has 1 heterocycles. The second kappa shape index (κ2) is 7.33. The van der Waals surface area contributed by atoms with E-state index in [1.807, 2.05) is 0 Å². The Hall–Kier alpha value is -2.57. The van der Waals surface area contributed by atoms with Gasteiger partial charge in [-0.05, 0) is 30.2 Å². The van der Waals surface area contributed by atoms with Crippen molar-refractivity contribution in [1.29, 1.82) is 0 Å². The second-order valence-corrected chi connectivity index (χ2v) is 6.15. The van der Waals surface area contributed by atoms with Gasteiger partial charge in [0.05, 0.1) is 25.0 Å². The van der Waals surface area contributed by atoms with Crippen molar-refractivity contribution in [3.8, 4) is 5.75 Å². The number of carboxylic acid groups (broad SMARTS) is 1. The van der Waals surface area contributed by atoms with Crippen LogP contribution in [0.3, 0.4) is 0 Å². The highest BCUT2D eigenvalue weighted by Gasteiger charge is 2.36. The number of ether oxygens (including phenoxy) is 1. The summed E-state index contributed by atoms with van der Waals surface area (Å²) in [4.78, 5) is 37.1. The van der Waals surface area contributed by atoms with Gasteiger partial charge < -0.3 is 24.9 Å². The minimum absolute atomic E-state index is 0.0513. The predicted molar refractivity (Wildman–Crippen MR) is 85.2 cm³/mol. The van der Waals surface area contributed by atoms with Crippen molar-refractivity contribution in [2.75, 3.05) is 18.6 Å². The van der Waals surface area contributed by atoms with E-state index in [9.17, 15) is 19.5 Å². The molecule has 1 aliphatic heterocycles. The molecule has 0 unspecified atom stereocenters. The van der Waals surface area contributed by atoms with Crippen molar-refractivity contribution in [2.45, 2.75) is 26.3 Å². The molecule has 1 fully saturated rings. The van der Waals surface area contributed by atoms with Crippen molar-refractivity contribution in [3.05, 3.63) is 24.3 Å². The van der Waals surface area contributed by atoms with Crippen molar-refractivity contribution in [3.63, 3.8) is 0 Å². The number of anilines is 1. The first kappa shape index (κ1) is 17.8. The van der Waals surface area contributed by atoms with E-state index in [-0.39, 0.29) is 24.8 Å². The first-order valence-corrected chi connectivity index (χ1v) is 7.79. The molecule has 0 bridgehead atoms. The Labute approximate surface area is 140 Å². The number of hydrogen-bond donors (Lipinski definition) is 1. The van der Waals surface area contributed by atoms with E-state index in [0.717, 1.165) is 0 Å². The Balaban J connectivity index is 2.05. The summed E-state index contributed by atoms with van der Waals surface area (Å²) in [6.07, 6.45) is 0.0513. The van der Waals surface area contributed by atoms with Crippen LogP contribution < -0.4 is 20.1 Å². The summed E-state index contributed by atoms with van der Waals surface area (Å²) in [7, 11) is 1.55. The maximum Gasteiger partial charge on any atom is 0.227 e. The number of benzene rings is 1. The molecule has 2 rings (SSSR count). The zero-order valence-corrected chi connectivity index (χ0v) is 13.9. The molecule has 1 aliphatic rings. The van der Waals surface area contributed by atoms with Crippen molar-refractivity contribution in [1.82, 2.24) is 5.32 Å². The Kier molecular flexibility index (Phi) is 5.43. The van der Waals surface area contributed by atoms with Crippen LogP contribution in [0.2, 0.25) is 0 Å². The van der Waals surface area contributed by atoms with E-state index in [1.165, 1.54) is 4.90 Å². The molecule has 24 heavy (non-hydrogen) atoms. The molecule has 0 saturated carbocycles. The van der Waals surface area contributed by atoms with Crippen LogP contribution >= 0.6 is 0 Å². The molecular weight excluding hydrogens is 312 g/mol. The van der Waals surface area contributed by atoms with Gasteiger partial charge in [-0.1, -0.05) is 13.8 Å². The first-order valence-electron chi connectivity index (χ1n) is 7.79. The highest BCUT2D eigenvalue weighted by molar-refractivity contribution is 6.00. The predicted octanol–water partition coefficient (Wildman–Crippen LogP) is -0.0612. The second-order valence-electron chi connectivity index (χ2n) is 6.15. The van der Waals surface area contributed by atoms with Crippen LogP contribution in [0.25, 0.3) is 0 Å². The molecule has 0 radical (unpaired) electrons. The number of methoxy groups -OCH3 is 1. The Morgan fingerprint density at radius 1 is 1.29 bits per heavy atom. The highest BCUT2D eigenvalue weighted by Crippen LogP contribution is 2.27. The van der Waals surface area contributed by atoms with E-state index < -0.39 is 23.8 Å². The zero-order valence-electron chi connectivity index (χ0n) is 13.9. The van der Waals surface area contributed by atoms with Crippen LogP contribution in [0, 0.1) is 11.8 Å². The van der Waals surface area contributed by atoms with E-state index in [0.29, 0.717) is 11.4 Å². The monoisotopic (exact) mass is 333 g/mol. The van der Waals surface area contributed by atoms with Crippen molar-refractivity contribution >= 4 is 23.5 Å². The van der Waals surface area contributed by atoms with Crippen LogP contribution in [-0.2, 0) is 14.4 Å². The number of aliphatic carboxylic acids is 1. The lowest BCUT2D eigenvalue weighted by molar-refractivity contribution is -0.309. The Morgan fingerprint density at radius 3 is 2.42 bits per heavy atom. The van der Waals surface area contributed by atoms with E-state index in [4.69, 9.17) is 4.74 Å². The molecule has 0 aliphatic carbocycles. The van der Waals surface area contributed by atoms with E-state index in [2.05, 4.69) is 5.32 Å². The molecule has 7 nitrogen and oxygen atoms in total. The lowest BCUT2D eigenvalue weighted by Gasteiger charge is -2.24. The fourth-order valence-electron chi connectivity index (χ4n) is 2.66. The lowest BCUT2D eigenvalue weighted by atomic mass is 10.0. The van der Waals surface area contributed by atoms with Gasteiger partial charge in [-0.3, -0.25) is 9.59 Å². The van der Waals surface area contributed by atoms with Gasteiger partial charge in [-0.25, -0.2) is 0 Å². The summed E-state index contributed by atoms with van der Waals surface area (Å²) in [5.74, 6) is -2.14. The zero-order chi connectivity index (χ0) is 17.9. The smallest absolute Gasteiger partial charge is 0.227 e. The summed E-state index contributed by atoms with van der Waals surface area (Å²) >= 11 is 0. The third kappa shape index (κ3) is 3.84. The van der Waals surface area contributed by atoms with E-state index in [1.54, 1.807) is 45.2 Å². The summed E-state index contributed by atoms with van der Waals surface area (Å²) in [5.41, 5.74) is 0.677. The van der Waals surface area contributed by atoms with E-state index >= 15 is 0 Å². The number of carbonyl (C=O) groups excluding carboxylic acids is 3. The summed E-state index contributed by atoms with van der Waals surface area (Å²) in [6, 6.07) is 5.90. The number of amides is 2. The molecule has 0 spiro atoms. The fraction of sp³-hybridized carbons (Fsp3) is 0.471. The summed E-state index contributed by atoms with van der Waals surface area (Å²) in [5, 5.41) is 13.6. The highest BCUT2D eigenvalue weighted by atomic mass is 16.5. The van der Waals surface area contributed by atoms with Crippen molar-refractivity contribution < 1.29 is 24.2 Å². The molecule has 2 atom stereocenters. The summed E-state index contributed by atoms with van der Waals surface area (Å²) < 4.78 is 5.08. The molecule has 0 aromatic heterocycles. The van der Waals surface area contributed by atoms with Gasteiger partial charge in [0.2, 0.25) is 11.8 Å². The van der Waals surface area contributed by atoms with Crippen LogP contribution in [0.4, 0.5) is 5.69 Å². The van der Waals surface area contributed by atoms with Gasteiger partial charge in [0.1, 0.15) is 5.75 Å². The van der Waals surface area contributed by atoms with Crippen LogP contribution in [0.1, 0.15) is 20.3 Å². The third-order valence-electron chi connectivity index (χ3n) is 4.10. The lowest BCUT2D eigenvalue weighted by Crippen LogP contribution is -2.52. The maximum atomic E-state index is 12.3. The van der Waals surface area contributed by atoms with Gasteiger partial charge >= 0.3 is 0 Å². The van der Waals surface area contributed by atoms with Crippen LogP contribution in [0.15, 0.2) is 24.3 Å². The normalized spacial score (nSPS) is 18.6. The molecule has 1 saturated heterocycles. The van der Waals surface area contributed by atoms with Gasteiger partial charge in [0, 0.05) is 18.7 Å². The SMILES string of the molecule is COc1ccc(N2C[C@@H](C(=O)N[C@H](C(=O)[O-])C(C)C)CC2=O)cc1. The average Bonchev–Trinajstić information content (AvgIpc) is 2.93. The molecule has 7 heteroatoms. The molecule has 130 valence electrons. The molecule has 1 aromatic carbocycles. The Bertz CT molecular complexity index is 626. The van der Waals surface area contributed by atoms with Gasteiger partial charge in [0.15, 0.2) is 0 Å². The average molecular weight is 333 g/mol. The number of hydrogen-bond acceptors (Lipinski definition) is 5. The number of carboxylic acids is 1. The molecule has 1 N–H and O–H groups in total. The fourth-order valence-corrected chi connectivity index (χ4v) is 2.66. The maximum absolute atomic E-state index is 12.3. The molecule has 1 aromatic rings. The topological polar surface area (TPSA) is 98.8 Å². The minimum Gasteiger partial charge on any atom is -0.548 e. The minimum atomic E-state index is -1.32. The number of nitrogens with one attached hydrogen (secondary N) is 1.